The average Bonchev–Trinajstić information content (AvgIpc) is 3.28. The van der Waals surface area contributed by atoms with E-state index in [1.165, 1.54) is 11.0 Å². The van der Waals surface area contributed by atoms with Crippen molar-refractivity contribution in [2.24, 2.45) is 18.2 Å². The topological polar surface area (TPSA) is 112 Å². The molecular weight excluding hydrogens is 358 g/mol. The number of carbonyl (C=O) groups excluding carboxylic acids is 2. The molecule has 3 N–H and O–H groups in total. The predicted molar refractivity (Wildman–Crippen MR) is 102 cm³/mol. The van der Waals surface area contributed by atoms with Crippen LogP contribution in [0.5, 0.6) is 0 Å². The molecule has 0 saturated heterocycles. The van der Waals surface area contributed by atoms with Crippen molar-refractivity contribution in [2.45, 2.75) is 19.3 Å². The van der Waals surface area contributed by atoms with E-state index in [0.29, 0.717) is 23.8 Å². The summed E-state index contributed by atoms with van der Waals surface area (Å²) in [6.07, 6.45) is 3.44. The Balaban J connectivity index is 1.72. The second-order valence-corrected chi connectivity index (χ2v) is 7.27. The van der Waals surface area contributed by atoms with E-state index in [2.05, 4.69) is 15.5 Å². The largest absolute Gasteiger partial charge is 0.495 e. The molecule has 0 bridgehead atoms. The molecule has 28 heavy (non-hydrogen) atoms. The Morgan fingerprint density at radius 1 is 1.32 bits per heavy atom. The zero-order valence-corrected chi connectivity index (χ0v) is 15.7. The van der Waals surface area contributed by atoms with Gasteiger partial charge in [-0.25, -0.2) is 0 Å². The van der Waals surface area contributed by atoms with Crippen molar-refractivity contribution in [3.05, 3.63) is 65.1 Å². The summed E-state index contributed by atoms with van der Waals surface area (Å²) in [5, 5.41) is 10.7. The molecule has 2 atom stereocenters. The molecule has 0 radical (unpaired) electrons. The number of hydrogen-bond acceptors (Lipinski definition) is 5. The molecule has 2 aliphatic rings. The van der Waals surface area contributed by atoms with E-state index < -0.39 is 11.3 Å². The lowest BCUT2D eigenvalue weighted by Gasteiger charge is -2.31. The maximum Gasteiger partial charge on any atom is 0.252 e. The van der Waals surface area contributed by atoms with Crippen molar-refractivity contribution in [1.82, 2.24) is 15.0 Å². The Labute approximate surface area is 162 Å². The van der Waals surface area contributed by atoms with Crippen LogP contribution in [0.1, 0.15) is 24.8 Å². The molecule has 1 aliphatic carbocycles. The number of amides is 2. The molecule has 1 aliphatic heterocycles. The lowest BCUT2D eigenvalue weighted by atomic mass is 9.73. The molecule has 0 saturated carbocycles. The summed E-state index contributed by atoms with van der Waals surface area (Å²) in [5.74, 6) is -0.0134. The normalized spacial score (nSPS) is 23.6. The lowest BCUT2D eigenvalue weighted by Crippen LogP contribution is -2.39. The highest BCUT2D eigenvalue weighted by atomic mass is 16.5. The van der Waals surface area contributed by atoms with Crippen molar-refractivity contribution in [1.29, 1.82) is 0 Å². The van der Waals surface area contributed by atoms with E-state index in [1.807, 2.05) is 36.4 Å². The molecule has 8 heteroatoms. The van der Waals surface area contributed by atoms with Crippen LogP contribution in [0.2, 0.25) is 0 Å². The number of primary amides is 1. The van der Waals surface area contributed by atoms with Gasteiger partial charge in [-0.2, -0.15) is 9.90 Å². The Morgan fingerprint density at radius 3 is 2.71 bits per heavy atom. The van der Waals surface area contributed by atoms with E-state index in [0.717, 1.165) is 11.1 Å². The van der Waals surface area contributed by atoms with Crippen LogP contribution in [0.3, 0.4) is 0 Å². The zero-order chi connectivity index (χ0) is 19.9. The number of allylic oxidation sites excluding steroid dienone is 1. The molecule has 8 nitrogen and oxygen atoms in total. The number of hydrogen-bond donors (Lipinski definition) is 2. The third-order valence-electron chi connectivity index (χ3n) is 5.29. The highest BCUT2D eigenvalue weighted by Gasteiger charge is 2.47. The molecular formula is C20H21N5O3. The van der Waals surface area contributed by atoms with Gasteiger partial charge >= 0.3 is 0 Å². The van der Waals surface area contributed by atoms with Gasteiger partial charge in [-0.15, -0.1) is 5.10 Å². The number of anilines is 1. The minimum absolute atomic E-state index is 0.0607. The summed E-state index contributed by atoms with van der Waals surface area (Å²) in [4.78, 5) is 26.5. The minimum Gasteiger partial charge on any atom is -0.495 e. The van der Waals surface area contributed by atoms with Crippen LogP contribution >= 0.6 is 0 Å². The first kappa shape index (κ1) is 18.0. The number of nitrogens with zero attached hydrogens (tertiary/aromatic N) is 3. The molecule has 144 valence electrons. The summed E-state index contributed by atoms with van der Waals surface area (Å²) in [7, 11) is 1.66. The van der Waals surface area contributed by atoms with Gasteiger partial charge in [0.1, 0.15) is 11.2 Å². The lowest BCUT2D eigenvalue weighted by molar-refractivity contribution is -0.126. The van der Waals surface area contributed by atoms with Crippen LogP contribution in [0.15, 0.2) is 59.5 Å². The van der Waals surface area contributed by atoms with Gasteiger partial charge in [0, 0.05) is 24.1 Å². The minimum atomic E-state index is -1.08. The standard InChI is InChI=1S/C20H21N5O3/c1-20(19(21)27)9-13(18(26)23-16-10-22-25(2)24-16)8-14-15(11-28-17(14)20)12-6-4-3-5-7-12/h3-8,10,15H,9,11H2,1-2H3,(H2,21,27)(H,23,24,26). The third kappa shape index (κ3) is 2.96. The van der Waals surface area contributed by atoms with E-state index in [1.54, 1.807) is 14.0 Å². The first-order valence-corrected chi connectivity index (χ1v) is 8.99. The zero-order valence-electron chi connectivity index (χ0n) is 15.7. The van der Waals surface area contributed by atoms with Crippen LogP contribution < -0.4 is 11.1 Å². The van der Waals surface area contributed by atoms with Gasteiger partial charge in [0.15, 0.2) is 5.82 Å². The van der Waals surface area contributed by atoms with Crippen LogP contribution in [0.25, 0.3) is 0 Å². The summed E-state index contributed by atoms with van der Waals surface area (Å²) in [5.41, 5.74) is 6.98. The fourth-order valence-corrected chi connectivity index (χ4v) is 3.75. The second-order valence-electron chi connectivity index (χ2n) is 7.27. The van der Waals surface area contributed by atoms with Gasteiger partial charge in [-0.1, -0.05) is 30.3 Å². The Kier molecular flexibility index (Phi) is 4.26. The van der Waals surface area contributed by atoms with E-state index in [9.17, 15) is 9.59 Å². The van der Waals surface area contributed by atoms with Crippen LogP contribution in [0, 0.1) is 5.41 Å². The van der Waals surface area contributed by atoms with Crippen molar-refractivity contribution >= 4 is 17.6 Å². The Morgan fingerprint density at radius 2 is 2.07 bits per heavy atom. The first-order valence-electron chi connectivity index (χ1n) is 8.99. The molecule has 0 fully saturated rings. The highest BCUT2D eigenvalue weighted by molar-refractivity contribution is 6.05. The number of rotatable bonds is 4. The third-order valence-corrected chi connectivity index (χ3v) is 5.29. The van der Waals surface area contributed by atoms with Gasteiger partial charge < -0.3 is 15.8 Å². The quantitative estimate of drug-likeness (QED) is 0.839. The van der Waals surface area contributed by atoms with Crippen LogP contribution in [-0.4, -0.2) is 33.4 Å². The molecule has 0 spiro atoms. The van der Waals surface area contributed by atoms with Gasteiger partial charge in [0.25, 0.3) is 5.91 Å². The molecule has 1 aromatic carbocycles. The Hall–Kier alpha value is -3.42. The van der Waals surface area contributed by atoms with Crippen molar-refractivity contribution in [3.8, 4) is 0 Å². The fraction of sp³-hybridized carbons (Fsp3) is 0.300. The summed E-state index contributed by atoms with van der Waals surface area (Å²) in [6.45, 7) is 2.13. The summed E-state index contributed by atoms with van der Waals surface area (Å²) >= 11 is 0. The number of ether oxygens (including phenoxy) is 1. The second kappa shape index (κ2) is 6.63. The number of benzene rings is 1. The van der Waals surface area contributed by atoms with E-state index >= 15 is 0 Å². The molecule has 2 unspecified atom stereocenters. The number of nitrogens with one attached hydrogen (secondary N) is 1. The molecule has 2 heterocycles. The van der Waals surface area contributed by atoms with E-state index in [4.69, 9.17) is 10.5 Å². The molecule has 2 amide bonds. The van der Waals surface area contributed by atoms with Gasteiger partial charge in [-0.05, 0) is 25.0 Å². The molecule has 4 rings (SSSR count). The van der Waals surface area contributed by atoms with Gasteiger partial charge in [-0.3, -0.25) is 9.59 Å². The SMILES string of the molecule is Cn1ncc(NC(=O)C2=CC3=C(OCC3c3ccccc3)C(C)(C(N)=O)C2)n1. The molecule has 1 aromatic heterocycles. The number of aromatic nitrogens is 3. The van der Waals surface area contributed by atoms with Crippen LogP contribution in [-0.2, 0) is 21.4 Å². The number of aryl methyl sites for hydroxylation is 1. The van der Waals surface area contributed by atoms with Gasteiger partial charge in [0.2, 0.25) is 5.91 Å². The Bertz CT molecular complexity index is 1010. The van der Waals surface area contributed by atoms with Gasteiger partial charge in [0.05, 0.1) is 12.8 Å². The summed E-state index contributed by atoms with van der Waals surface area (Å²) < 4.78 is 5.93. The number of carbonyl (C=O) groups is 2. The van der Waals surface area contributed by atoms with Crippen molar-refractivity contribution in [2.75, 3.05) is 11.9 Å². The smallest absolute Gasteiger partial charge is 0.252 e. The molecule has 2 aromatic rings. The van der Waals surface area contributed by atoms with Crippen molar-refractivity contribution in [3.63, 3.8) is 0 Å². The summed E-state index contributed by atoms with van der Waals surface area (Å²) in [6, 6.07) is 9.87. The predicted octanol–water partition coefficient (Wildman–Crippen LogP) is 1.64. The maximum absolute atomic E-state index is 12.8. The fourth-order valence-electron chi connectivity index (χ4n) is 3.75. The number of nitrogens with two attached hydrogens (primary N) is 1. The first-order chi connectivity index (χ1) is 13.4. The highest BCUT2D eigenvalue weighted by Crippen LogP contribution is 2.49. The van der Waals surface area contributed by atoms with E-state index in [-0.39, 0.29) is 18.2 Å². The monoisotopic (exact) mass is 379 g/mol. The average molecular weight is 379 g/mol. The van der Waals surface area contributed by atoms with Crippen LogP contribution in [0.4, 0.5) is 5.82 Å². The van der Waals surface area contributed by atoms with Crippen molar-refractivity contribution < 1.29 is 14.3 Å². The maximum atomic E-state index is 12.8.